The highest BCUT2D eigenvalue weighted by Crippen LogP contribution is 2.38. The number of ether oxygens (including phenoxy) is 2. The van der Waals surface area contributed by atoms with E-state index in [0.717, 1.165) is 34.8 Å². The minimum Gasteiger partial charge on any atom is -0.461 e. The molecule has 27 nitrogen and oxygen atoms in total. The minimum absolute atomic E-state index is 0.00558. The van der Waals surface area contributed by atoms with Crippen LogP contribution < -0.4 is 16.0 Å². The predicted octanol–water partition coefficient (Wildman–Crippen LogP) is 3.69. The van der Waals surface area contributed by atoms with Crippen molar-refractivity contribution in [1.82, 2.24) is 60.0 Å². The number of nitrogens with zero attached hydrogens (tertiary/aromatic N) is 9. The van der Waals surface area contributed by atoms with Crippen molar-refractivity contribution in [2.24, 2.45) is 17.8 Å². The van der Waals surface area contributed by atoms with E-state index in [1.165, 1.54) is 94.7 Å². The van der Waals surface area contributed by atoms with Crippen molar-refractivity contribution >= 4 is 76.9 Å². The Morgan fingerprint density at radius 3 is 1.93 bits per heavy atom. The molecule has 0 unspecified atom stereocenters. The molecule has 30 heteroatoms. The van der Waals surface area contributed by atoms with Gasteiger partial charge in [-0.25, -0.2) is 0 Å². The van der Waals surface area contributed by atoms with Gasteiger partial charge in [-0.1, -0.05) is 91.5 Å². The first-order valence-electron chi connectivity index (χ1n) is 36.7. The lowest BCUT2D eigenvalue weighted by molar-refractivity contribution is -0.161. The van der Waals surface area contributed by atoms with Crippen LogP contribution in [-0.4, -0.2) is 275 Å². The van der Waals surface area contributed by atoms with Crippen molar-refractivity contribution in [2.45, 2.75) is 223 Å². The number of morpholine rings is 1. The number of hydrogen-bond donors (Lipinski definition) is 3. The molecule has 2 saturated carbocycles. The monoisotopic (exact) mass is 1450 g/mol. The van der Waals surface area contributed by atoms with Crippen LogP contribution in [0.15, 0.2) is 36.9 Å². The Morgan fingerprint density at radius 1 is 0.709 bits per heavy atom. The average Bonchev–Trinajstić information content (AvgIpc) is 1.75. The molecule has 1 aromatic rings. The molecule has 4 heterocycles. The summed E-state index contributed by atoms with van der Waals surface area (Å²) in [5.41, 5.74) is -2.36. The lowest BCUT2D eigenvalue weighted by Gasteiger charge is -2.46. The van der Waals surface area contributed by atoms with E-state index in [0.29, 0.717) is 38.5 Å². The molecule has 2 aliphatic carbocycles. The van der Waals surface area contributed by atoms with Crippen molar-refractivity contribution in [3.63, 3.8) is 0 Å². The van der Waals surface area contributed by atoms with Crippen molar-refractivity contribution in [2.75, 3.05) is 94.3 Å². The number of amides is 12. The van der Waals surface area contributed by atoms with Gasteiger partial charge in [0.15, 0.2) is 0 Å². The number of halogens is 3. The number of rotatable bonds is 15. The van der Waals surface area contributed by atoms with Crippen molar-refractivity contribution < 1.29 is 85.0 Å². The van der Waals surface area contributed by atoms with Gasteiger partial charge < -0.3 is 69.5 Å². The second-order valence-electron chi connectivity index (χ2n) is 29.2. The van der Waals surface area contributed by atoms with Crippen molar-refractivity contribution in [3.05, 3.63) is 48.0 Å². The highest BCUT2D eigenvalue weighted by molar-refractivity contribution is 6.01. The minimum atomic E-state index is -4.72. The van der Waals surface area contributed by atoms with Crippen LogP contribution in [0.3, 0.4) is 0 Å². The van der Waals surface area contributed by atoms with Gasteiger partial charge in [-0.3, -0.25) is 62.3 Å². The summed E-state index contributed by atoms with van der Waals surface area (Å²) in [6, 6.07) is -7.91. The number of esters is 1. The Bertz CT molecular complexity index is 3250. The summed E-state index contributed by atoms with van der Waals surface area (Å²) in [5.74, 6) is -10.5. The summed E-state index contributed by atoms with van der Waals surface area (Å²) in [7, 11) is 6.96. The Labute approximate surface area is 602 Å². The van der Waals surface area contributed by atoms with Crippen molar-refractivity contribution in [1.29, 1.82) is 0 Å². The fourth-order valence-corrected chi connectivity index (χ4v) is 15.2. The van der Waals surface area contributed by atoms with Crippen LogP contribution in [0, 0.1) is 17.8 Å². The molecule has 0 bridgehead atoms. The molecule has 6 fully saturated rings. The molecule has 4 aliphatic heterocycles. The molecular formula is C73H109F3N12O15. The molecule has 0 radical (unpaired) electrons. The van der Waals surface area contributed by atoms with Crippen LogP contribution in [0.2, 0.25) is 0 Å². The van der Waals surface area contributed by atoms with E-state index in [1.54, 1.807) is 13.8 Å². The van der Waals surface area contributed by atoms with E-state index in [1.807, 2.05) is 20.8 Å². The van der Waals surface area contributed by atoms with E-state index in [-0.39, 0.29) is 115 Å². The van der Waals surface area contributed by atoms with Gasteiger partial charge in [-0.05, 0) is 107 Å². The van der Waals surface area contributed by atoms with E-state index in [4.69, 9.17) is 9.47 Å². The summed E-state index contributed by atoms with van der Waals surface area (Å²) in [5, 5.41) is 8.62. The first-order chi connectivity index (χ1) is 48.7. The lowest BCUT2D eigenvalue weighted by atomic mass is 9.90. The van der Waals surface area contributed by atoms with E-state index < -0.39 is 180 Å². The third kappa shape index (κ3) is 19.8. The standard InChI is InChI=1S/C73H109F3N12O15/c1-13-33-86-56(42-48-24-26-50(27-25-48)73(74,75)76)66(96)80(8)44-57(89)77-51(28-29-59(91)103-38-14-2)65(95)87-34-20-23-52(87)63(93)79-72(31-18-19-32-72)71(101)84(12)61(49-21-16-17-22-49)70(100)83(11)55(67(97)85-36-39-102-40-37-85)43-58(90)82(10)54(41-45(4)5)62(92)78-60(46(6)15-3)69(99)81(9)47(7)64(94)88-35-30-53(88)68(86)98/h14,24-27,45-47,49,51-56,60-61H,2,13,15-23,28-44H2,1,3-12H3,(H,77,89)(H,78,92)(H,79,93)/t46-,47-,51-,52-,53-,54-,55-,56-,60-,61-/m0/s1. The summed E-state index contributed by atoms with van der Waals surface area (Å²) in [6.07, 6.45) is -0.0964. The normalized spacial score (nSPS) is 27.0. The van der Waals surface area contributed by atoms with E-state index in [2.05, 4.69) is 22.5 Å². The fourth-order valence-electron chi connectivity index (χ4n) is 15.2. The van der Waals surface area contributed by atoms with Crippen LogP contribution in [0.1, 0.15) is 162 Å². The molecule has 6 aliphatic rings. The number of alkyl halides is 3. The van der Waals surface area contributed by atoms with Gasteiger partial charge in [0.25, 0.3) is 0 Å². The molecule has 10 atom stereocenters. The highest BCUT2D eigenvalue weighted by atomic mass is 19.4. The third-order valence-electron chi connectivity index (χ3n) is 21.7. The first kappa shape index (κ1) is 82.1. The Kier molecular flexibility index (Phi) is 29.1. The zero-order chi connectivity index (χ0) is 75.9. The van der Waals surface area contributed by atoms with Crippen LogP contribution in [0.4, 0.5) is 13.2 Å². The zero-order valence-corrected chi connectivity index (χ0v) is 61.9. The molecule has 1 aromatic carbocycles. The van der Waals surface area contributed by atoms with Gasteiger partial charge in [-0.2, -0.15) is 13.2 Å². The molecular weight excluding hydrogens is 1340 g/mol. The maximum absolute atomic E-state index is 15.7. The van der Waals surface area contributed by atoms with Gasteiger partial charge in [0, 0.05) is 80.8 Å². The first-order valence-corrected chi connectivity index (χ1v) is 36.7. The predicted molar refractivity (Wildman–Crippen MR) is 372 cm³/mol. The van der Waals surface area contributed by atoms with Gasteiger partial charge >= 0.3 is 12.1 Å². The molecule has 1 spiro atoms. The summed E-state index contributed by atoms with van der Waals surface area (Å²) < 4.78 is 52.6. The average molecular weight is 1450 g/mol. The highest BCUT2D eigenvalue weighted by Gasteiger charge is 2.52. The van der Waals surface area contributed by atoms with Gasteiger partial charge in [0.05, 0.1) is 31.7 Å². The topological polar surface area (TPSA) is 306 Å². The van der Waals surface area contributed by atoms with Gasteiger partial charge in [0.1, 0.15) is 66.5 Å². The number of hydrogen-bond acceptors (Lipinski definition) is 15. The molecule has 12 amide bonds. The maximum atomic E-state index is 15.7. The Hall–Kier alpha value is -8.18. The maximum Gasteiger partial charge on any atom is 0.416 e. The van der Waals surface area contributed by atoms with Crippen LogP contribution in [-0.2, 0) is 84.4 Å². The second kappa shape index (κ2) is 36.5. The fraction of sp³-hybridized carbons (Fsp3) is 0.712. The summed E-state index contributed by atoms with van der Waals surface area (Å²) >= 11 is 0. The number of nitrogens with one attached hydrogen (secondary N) is 3. The van der Waals surface area contributed by atoms with Gasteiger partial charge in [-0.15, -0.1) is 0 Å². The largest absolute Gasteiger partial charge is 0.461 e. The van der Waals surface area contributed by atoms with Gasteiger partial charge in [0.2, 0.25) is 70.9 Å². The Morgan fingerprint density at radius 2 is 1.35 bits per heavy atom. The van der Waals surface area contributed by atoms with Crippen LogP contribution in [0.25, 0.3) is 0 Å². The molecule has 3 N–H and O–H groups in total. The number of fused-ring (bicyclic) bond motifs is 2. The van der Waals surface area contributed by atoms with E-state index >= 15 is 43.2 Å². The molecule has 572 valence electrons. The summed E-state index contributed by atoms with van der Waals surface area (Å²) in [4.78, 5) is 206. The smallest absolute Gasteiger partial charge is 0.416 e. The zero-order valence-electron chi connectivity index (χ0n) is 61.9. The molecule has 7 rings (SSSR count). The molecule has 103 heavy (non-hydrogen) atoms. The van der Waals surface area contributed by atoms with Crippen LogP contribution in [0.5, 0.6) is 0 Å². The SMILES string of the molecule is C=CCOC(=O)CC[C@@H]1NC(=O)CN(C)C(=O)[C@H](Cc2ccc(C(F)(F)F)cc2)N(CCC)C(=O)[C@@H]2CCN2C(=O)[C@H](C)N(C)C(=O)[C@H]([C@@H](C)CC)NC(=O)[C@H](CC(C)C)N(C)C(=O)C[C@@H](C(=O)N2CCOCC2)N(C)C(=O)[C@H](C2CCCC2)N(C)C(=O)C2(CCCC2)NC(=O)[C@@H]2CCCN2C1=O. The number of carbonyl (C=O) groups excluding carboxylic acids is 13. The van der Waals surface area contributed by atoms with Crippen LogP contribution >= 0.6 is 0 Å². The van der Waals surface area contributed by atoms with Crippen molar-refractivity contribution in [3.8, 4) is 0 Å². The Balaban J connectivity index is 1.32. The second-order valence-corrected chi connectivity index (χ2v) is 29.2. The third-order valence-corrected chi connectivity index (χ3v) is 21.7. The lowest BCUT2D eigenvalue weighted by Crippen LogP contribution is -2.65. The molecule has 0 aromatic heterocycles. The number of benzene rings is 1. The molecule has 4 saturated heterocycles. The number of likely N-dealkylation sites (N-methyl/N-ethyl adjacent to an activating group) is 5. The van der Waals surface area contributed by atoms with E-state index in [9.17, 15) is 32.3 Å². The number of carbonyl (C=O) groups is 13. The summed E-state index contributed by atoms with van der Waals surface area (Å²) in [6.45, 7) is 13.6. The quantitative estimate of drug-likeness (QED) is 0.167.